The van der Waals surface area contributed by atoms with Crippen LogP contribution in [-0.2, 0) is 11.2 Å². The molecule has 1 aliphatic carbocycles. The summed E-state index contributed by atoms with van der Waals surface area (Å²) in [5, 5.41) is 16.4. The van der Waals surface area contributed by atoms with Gasteiger partial charge in [0.1, 0.15) is 0 Å². The second-order valence-electron chi connectivity index (χ2n) is 9.55. The number of nitrogens with one attached hydrogen (secondary N) is 1. The molecule has 1 amide bonds. The van der Waals surface area contributed by atoms with E-state index in [2.05, 4.69) is 61.9 Å². The van der Waals surface area contributed by atoms with Crippen LogP contribution in [0.3, 0.4) is 0 Å². The topological polar surface area (TPSA) is 75.9 Å². The number of amides is 1. The predicted molar refractivity (Wildman–Crippen MR) is 137 cm³/mol. The van der Waals surface area contributed by atoms with Gasteiger partial charge in [0.15, 0.2) is 11.6 Å². The van der Waals surface area contributed by atoms with Crippen LogP contribution in [0, 0.1) is 19.8 Å². The van der Waals surface area contributed by atoms with Gasteiger partial charge in [-0.15, -0.1) is 10.2 Å². The summed E-state index contributed by atoms with van der Waals surface area (Å²) in [5.41, 5.74) is 8.08. The highest BCUT2D eigenvalue weighted by atomic mass is 16.1. The minimum atomic E-state index is -0.00127. The van der Waals surface area contributed by atoms with Crippen molar-refractivity contribution < 1.29 is 4.79 Å². The maximum atomic E-state index is 13.0. The fraction of sp³-hybridized carbons (Fsp3) is 0.286. The van der Waals surface area contributed by atoms with E-state index in [0.29, 0.717) is 5.82 Å². The minimum absolute atomic E-state index is 0.00127. The average molecular weight is 465 g/mol. The molecule has 4 aromatic rings. The number of aryl methyl sites for hydroxylation is 2. The number of benzene rings is 2. The zero-order valence-electron chi connectivity index (χ0n) is 20.0. The molecular formula is C28H28N6O. The van der Waals surface area contributed by atoms with Crippen molar-refractivity contribution in [2.24, 2.45) is 5.92 Å². The minimum Gasteiger partial charge on any atom is -0.355 e. The molecule has 2 aliphatic rings. The lowest BCUT2D eigenvalue weighted by atomic mass is 9.95. The molecule has 0 spiro atoms. The Morgan fingerprint density at radius 1 is 0.886 bits per heavy atom. The number of fused-ring (bicyclic) bond motifs is 3. The molecule has 0 atom stereocenters. The highest BCUT2D eigenvalue weighted by Crippen LogP contribution is 2.37. The molecule has 0 unspecified atom stereocenters. The highest BCUT2D eigenvalue weighted by Gasteiger charge is 2.26. The van der Waals surface area contributed by atoms with Gasteiger partial charge in [0.05, 0.1) is 5.69 Å². The van der Waals surface area contributed by atoms with Crippen molar-refractivity contribution in [2.75, 3.05) is 23.3 Å². The van der Waals surface area contributed by atoms with Gasteiger partial charge in [0, 0.05) is 30.4 Å². The summed E-state index contributed by atoms with van der Waals surface area (Å²) < 4.78 is 1.81. The van der Waals surface area contributed by atoms with Crippen molar-refractivity contribution in [1.29, 1.82) is 0 Å². The molecule has 1 fully saturated rings. The Labute approximate surface area is 204 Å². The Morgan fingerprint density at radius 2 is 1.63 bits per heavy atom. The van der Waals surface area contributed by atoms with Gasteiger partial charge in [0.25, 0.3) is 0 Å². The number of anilines is 2. The Bertz CT molecular complexity index is 1400. The number of hydrogen-bond acceptors (Lipinski definition) is 5. The van der Waals surface area contributed by atoms with Crippen molar-refractivity contribution in [1.82, 2.24) is 20.0 Å². The first-order valence-corrected chi connectivity index (χ1v) is 12.2. The summed E-state index contributed by atoms with van der Waals surface area (Å²) in [6.07, 6.45) is 2.51. The van der Waals surface area contributed by atoms with E-state index in [0.717, 1.165) is 55.2 Å². The van der Waals surface area contributed by atoms with Crippen LogP contribution in [0.25, 0.3) is 16.9 Å². The molecule has 2 aromatic carbocycles. The number of hydrogen-bond donors (Lipinski definition) is 1. The Hall–Kier alpha value is -4.00. The van der Waals surface area contributed by atoms with Gasteiger partial charge in [-0.2, -0.15) is 5.10 Å². The molecule has 0 bridgehead atoms. The number of aromatic nitrogens is 4. The molecule has 7 heteroatoms. The molecule has 1 aliphatic heterocycles. The van der Waals surface area contributed by atoms with Crippen LogP contribution in [0.2, 0.25) is 0 Å². The van der Waals surface area contributed by atoms with Crippen LogP contribution in [0.15, 0.2) is 60.7 Å². The third-order valence-electron chi connectivity index (χ3n) is 7.11. The largest absolute Gasteiger partial charge is 0.355 e. The Kier molecular flexibility index (Phi) is 5.32. The van der Waals surface area contributed by atoms with Crippen LogP contribution in [0.4, 0.5) is 11.5 Å². The van der Waals surface area contributed by atoms with E-state index < -0.39 is 0 Å². The molecule has 7 nitrogen and oxygen atoms in total. The molecule has 0 saturated carbocycles. The first-order valence-electron chi connectivity index (χ1n) is 12.2. The molecule has 1 N–H and O–H groups in total. The first-order chi connectivity index (χ1) is 17.0. The standard InChI is InChI=1S/C28H28N6O/c1-18-15-19(2)34(32-18)27-10-9-26(30-31-27)33-13-11-20(12-14-33)28(35)29-23-7-8-25-22(17-23)16-21-5-3-4-6-24(21)25/h3-10,15,17,20H,11-14,16H2,1-2H3,(H,29,35). The van der Waals surface area contributed by atoms with Gasteiger partial charge < -0.3 is 10.2 Å². The van der Waals surface area contributed by atoms with E-state index in [9.17, 15) is 4.79 Å². The Balaban J connectivity index is 1.07. The molecule has 6 rings (SSSR count). The van der Waals surface area contributed by atoms with Crippen LogP contribution < -0.4 is 10.2 Å². The maximum absolute atomic E-state index is 13.0. The van der Waals surface area contributed by atoms with E-state index in [-0.39, 0.29) is 11.8 Å². The van der Waals surface area contributed by atoms with E-state index in [1.807, 2.05) is 38.1 Å². The van der Waals surface area contributed by atoms with Crippen molar-refractivity contribution in [3.05, 3.63) is 83.2 Å². The summed E-state index contributed by atoms with van der Waals surface area (Å²) in [5.74, 6) is 1.66. The summed E-state index contributed by atoms with van der Waals surface area (Å²) in [6.45, 7) is 5.54. The van der Waals surface area contributed by atoms with Gasteiger partial charge in [-0.3, -0.25) is 4.79 Å². The lowest BCUT2D eigenvalue weighted by Crippen LogP contribution is -2.38. The lowest BCUT2D eigenvalue weighted by Gasteiger charge is -2.31. The van der Waals surface area contributed by atoms with Crippen molar-refractivity contribution in [3.63, 3.8) is 0 Å². The number of carbonyl (C=O) groups is 1. The second kappa shape index (κ2) is 8.65. The van der Waals surface area contributed by atoms with Crippen LogP contribution in [-0.4, -0.2) is 39.0 Å². The second-order valence-corrected chi connectivity index (χ2v) is 9.55. The number of rotatable bonds is 4. The van der Waals surface area contributed by atoms with Gasteiger partial charge in [-0.05, 0) is 85.7 Å². The monoisotopic (exact) mass is 464 g/mol. The van der Waals surface area contributed by atoms with Gasteiger partial charge in [-0.25, -0.2) is 4.68 Å². The summed E-state index contributed by atoms with van der Waals surface area (Å²) >= 11 is 0. The number of nitrogens with zero attached hydrogens (tertiary/aromatic N) is 5. The summed E-state index contributed by atoms with van der Waals surface area (Å²) in [7, 11) is 0. The predicted octanol–water partition coefficient (Wildman–Crippen LogP) is 4.71. The molecule has 0 radical (unpaired) electrons. The van der Waals surface area contributed by atoms with E-state index >= 15 is 0 Å². The average Bonchev–Trinajstić information content (AvgIpc) is 3.42. The first kappa shape index (κ1) is 21.5. The summed E-state index contributed by atoms with van der Waals surface area (Å²) in [4.78, 5) is 15.2. The Morgan fingerprint density at radius 3 is 2.37 bits per heavy atom. The number of piperidine rings is 1. The lowest BCUT2D eigenvalue weighted by molar-refractivity contribution is -0.120. The highest BCUT2D eigenvalue weighted by molar-refractivity contribution is 5.93. The molecule has 176 valence electrons. The smallest absolute Gasteiger partial charge is 0.227 e. The maximum Gasteiger partial charge on any atom is 0.227 e. The third-order valence-corrected chi connectivity index (χ3v) is 7.11. The molecular weight excluding hydrogens is 436 g/mol. The van der Waals surface area contributed by atoms with Crippen LogP contribution in [0.1, 0.15) is 35.4 Å². The van der Waals surface area contributed by atoms with Gasteiger partial charge >= 0.3 is 0 Å². The number of carbonyl (C=O) groups excluding carboxylic acids is 1. The normalized spacial score (nSPS) is 15.1. The van der Waals surface area contributed by atoms with Gasteiger partial charge in [0.2, 0.25) is 5.91 Å². The SMILES string of the molecule is Cc1cc(C)n(-c2ccc(N3CCC(C(=O)Nc4ccc5c(c4)Cc4ccccc4-5)CC3)nn2)n1. The van der Waals surface area contributed by atoms with E-state index in [4.69, 9.17) is 0 Å². The van der Waals surface area contributed by atoms with E-state index in [1.165, 1.54) is 22.3 Å². The molecule has 1 saturated heterocycles. The molecule has 35 heavy (non-hydrogen) atoms. The fourth-order valence-corrected chi connectivity index (χ4v) is 5.30. The zero-order valence-corrected chi connectivity index (χ0v) is 20.0. The zero-order chi connectivity index (χ0) is 23.9. The molecule has 3 heterocycles. The molecule has 2 aromatic heterocycles. The van der Waals surface area contributed by atoms with Crippen LogP contribution >= 0.6 is 0 Å². The van der Waals surface area contributed by atoms with Crippen molar-refractivity contribution in [3.8, 4) is 16.9 Å². The summed E-state index contributed by atoms with van der Waals surface area (Å²) in [6, 6.07) is 20.8. The quantitative estimate of drug-likeness (QED) is 0.417. The van der Waals surface area contributed by atoms with Crippen LogP contribution in [0.5, 0.6) is 0 Å². The van der Waals surface area contributed by atoms with E-state index in [1.54, 1.807) is 4.68 Å². The fourth-order valence-electron chi connectivity index (χ4n) is 5.30. The third kappa shape index (κ3) is 4.07. The van der Waals surface area contributed by atoms with Crippen molar-refractivity contribution in [2.45, 2.75) is 33.1 Å². The van der Waals surface area contributed by atoms with Crippen molar-refractivity contribution >= 4 is 17.4 Å². The van der Waals surface area contributed by atoms with Gasteiger partial charge in [-0.1, -0.05) is 30.3 Å².